The maximum absolute atomic E-state index is 13.2. The molecule has 1 atom stereocenters. The number of esters is 1. The molecule has 8 nitrogen and oxygen atoms in total. The molecule has 1 fully saturated rings. The van der Waals surface area contributed by atoms with E-state index in [1.807, 2.05) is 43.2 Å². The van der Waals surface area contributed by atoms with Crippen LogP contribution in [-0.4, -0.2) is 48.3 Å². The molecule has 0 radical (unpaired) electrons. The quantitative estimate of drug-likeness (QED) is 0.575. The number of carbonyl (C=O) groups excluding carboxylic acids is 2. The van der Waals surface area contributed by atoms with Crippen molar-refractivity contribution >= 4 is 28.8 Å². The van der Waals surface area contributed by atoms with Gasteiger partial charge in [0.25, 0.3) is 0 Å². The third-order valence-corrected chi connectivity index (χ3v) is 6.43. The van der Waals surface area contributed by atoms with Gasteiger partial charge in [0.15, 0.2) is 5.17 Å². The van der Waals surface area contributed by atoms with E-state index in [2.05, 4.69) is 10.3 Å². The molecule has 1 aliphatic carbocycles. The average Bonchev–Trinajstić information content (AvgIpc) is 3.50. The van der Waals surface area contributed by atoms with Gasteiger partial charge < -0.3 is 24.4 Å². The van der Waals surface area contributed by atoms with Crippen LogP contribution in [0.1, 0.15) is 51.6 Å². The summed E-state index contributed by atoms with van der Waals surface area (Å²) < 4.78 is 16.6. The lowest BCUT2D eigenvalue weighted by molar-refractivity contribution is -0.143. The van der Waals surface area contributed by atoms with Crippen molar-refractivity contribution in [3.8, 4) is 11.5 Å². The van der Waals surface area contributed by atoms with Gasteiger partial charge in [0.05, 0.1) is 44.1 Å². The van der Waals surface area contributed by atoms with Crippen molar-refractivity contribution in [3.63, 3.8) is 0 Å². The van der Waals surface area contributed by atoms with Crippen molar-refractivity contribution in [3.05, 3.63) is 46.1 Å². The van der Waals surface area contributed by atoms with Gasteiger partial charge in [-0.15, -0.1) is 0 Å². The highest BCUT2D eigenvalue weighted by molar-refractivity contribution is 8.16. The highest BCUT2D eigenvalue weighted by atomic mass is 32.2. The van der Waals surface area contributed by atoms with Crippen LogP contribution in [0, 0.1) is 0 Å². The molecule has 2 aliphatic heterocycles. The van der Waals surface area contributed by atoms with E-state index in [-0.39, 0.29) is 24.5 Å². The number of nitrogens with zero attached hydrogens (tertiary/aromatic N) is 2. The van der Waals surface area contributed by atoms with Gasteiger partial charge in [0, 0.05) is 17.8 Å². The Labute approximate surface area is 198 Å². The number of hydrogen-bond acceptors (Lipinski definition) is 8. The van der Waals surface area contributed by atoms with Crippen molar-refractivity contribution in [2.24, 2.45) is 4.99 Å². The van der Waals surface area contributed by atoms with Crippen molar-refractivity contribution in [2.75, 3.05) is 14.2 Å². The van der Waals surface area contributed by atoms with Gasteiger partial charge in [-0.2, -0.15) is 0 Å². The maximum atomic E-state index is 13.2. The van der Waals surface area contributed by atoms with Crippen LogP contribution in [0.5, 0.6) is 11.5 Å². The Morgan fingerprint density at radius 1 is 1.18 bits per heavy atom. The number of rotatable bonds is 8. The third kappa shape index (κ3) is 5.03. The maximum Gasteiger partial charge on any atom is 0.338 e. The molecule has 1 unspecified atom stereocenters. The van der Waals surface area contributed by atoms with Crippen molar-refractivity contribution in [1.29, 1.82) is 0 Å². The molecule has 1 saturated carbocycles. The lowest BCUT2D eigenvalue weighted by Crippen LogP contribution is -2.38. The van der Waals surface area contributed by atoms with E-state index >= 15 is 0 Å². The topological polar surface area (TPSA) is 89.5 Å². The Kier molecular flexibility index (Phi) is 6.69. The van der Waals surface area contributed by atoms with Gasteiger partial charge in [-0.3, -0.25) is 4.79 Å². The molecule has 1 aromatic rings. The minimum Gasteiger partial charge on any atom is -0.497 e. The second kappa shape index (κ2) is 9.51. The van der Waals surface area contributed by atoms with E-state index < -0.39 is 12.0 Å². The van der Waals surface area contributed by atoms with Gasteiger partial charge >= 0.3 is 5.97 Å². The highest BCUT2D eigenvalue weighted by Crippen LogP contribution is 2.46. The highest BCUT2D eigenvalue weighted by Gasteiger charge is 2.42. The van der Waals surface area contributed by atoms with Crippen LogP contribution in [0.2, 0.25) is 0 Å². The first-order valence-electron chi connectivity index (χ1n) is 11.0. The molecule has 4 rings (SSSR count). The fourth-order valence-electron chi connectivity index (χ4n) is 3.88. The van der Waals surface area contributed by atoms with Crippen LogP contribution in [-0.2, 0) is 14.3 Å². The van der Waals surface area contributed by atoms with Gasteiger partial charge in [0.1, 0.15) is 11.5 Å². The minimum absolute atomic E-state index is 0.0369. The second-order valence-corrected chi connectivity index (χ2v) is 9.35. The number of fused-ring (bicyclic) bond motifs is 1. The van der Waals surface area contributed by atoms with E-state index in [0.29, 0.717) is 22.8 Å². The Hall–Kier alpha value is -2.94. The molecule has 0 aromatic heterocycles. The Bertz CT molecular complexity index is 1040. The average molecular weight is 472 g/mol. The van der Waals surface area contributed by atoms with Gasteiger partial charge in [0.2, 0.25) is 5.91 Å². The first-order valence-corrected chi connectivity index (χ1v) is 11.9. The third-order valence-electron chi connectivity index (χ3n) is 5.54. The minimum atomic E-state index is -0.539. The van der Waals surface area contributed by atoms with E-state index in [1.165, 1.54) is 11.8 Å². The summed E-state index contributed by atoms with van der Waals surface area (Å²) in [5, 5.41) is 5.68. The standard InChI is InChI=1S/C24H29N3O5S/c1-13(2)32-23(29)21-14(3)25-24-27(17(12-33-24)10-20(28)26-16-6-7-16)22(21)15-8-18(30-4)11-19(9-15)31-5/h8-9,11-13,16,22H,6-7,10H2,1-5H3,(H,26,28). The predicted molar refractivity (Wildman–Crippen MR) is 127 cm³/mol. The number of carbonyl (C=O) groups is 2. The number of hydrogen-bond donors (Lipinski definition) is 1. The number of amides is 1. The Morgan fingerprint density at radius 3 is 2.42 bits per heavy atom. The molecular formula is C24H29N3O5S. The van der Waals surface area contributed by atoms with Crippen molar-refractivity contribution in [1.82, 2.24) is 10.2 Å². The lowest BCUT2D eigenvalue weighted by atomic mass is 9.93. The number of ether oxygens (including phenoxy) is 3. The molecular weight excluding hydrogens is 442 g/mol. The molecule has 2 heterocycles. The normalized spacial score (nSPS) is 19.7. The van der Waals surface area contributed by atoms with Crippen LogP contribution >= 0.6 is 11.8 Å². The molecule has 1 aromatic carbocycles. The fraction of sp³-hybridized carbons (Fsp3) is 0.458. The number of aliphatic imine (C=N–C) groups is 1. The zero-order valence-electron chi connectivity index (χ0n) is 19.5. The first kappa shape index (κ1) is 23.2. The van der Waals surface area contributed by atoms with E-state index in [1.54, 1.807) is 20.3 Å². The molecule has 0 bridgehead atoms. The SMILES string of the molecule is COc1cc(OC)cc(C2C(C(=O)OC(C)C)=C(C)N=C3SC=C(CC(=O)NC4CC4)N32)c1. The van der Waals surface area contributed by atoms with Crippen LogP contribution < -0.4 is 14.8 Å². The smallest absolute Gasteiger partial charge is 0.338 e. The first-order chi connectivity index (χ1) is 15.8. The van der Waals surface area contributed by atoms with Crippen LogP contribution in [0.25, 0.3) is 0 Å². The lowest BCUT2D eigenvalue weighted by Gasteiger charge is -2.36. The monoisotopic (exact) mass is 471 g/mol. The fourth-order valence-corrected chi connectivity index (χ4v) is 4.85. The number of thioether (sulfide) groups is 1. The number of nitrogens with one attached hydrogen (secondary N) is 1. The summed E-state index contributed by atoms with van der Waals surface area (Å²) in [7, 11) is 3.17. The number of allylic oxidation sites excluding steroid dienone is 1. The zero-order chi connectivity index (χ0) is 23.7. The molecule has 176 valence electrons. The number of methoxy groups -OCH3 is 2. The second-order valence-electron chi connectivity index (χ2n) is 8.51. The van der Waals surface area contributed by atoms with Crippen LogP contribution in [0.3, 0.4) is 0 Å². The van der Waals surface area contributed by atoms with Crippen LogP contribution in [0.4, 0.5) is 0 Å². The predicted octanol–water partition coefficient (Wildman–Crippen LogP) is 3.90. The summed E-state index contributed by atoms with van der Waals surface area (Å²) >= 11 is 1.45. The van der Waals surface area contributed by atoms with Crippen LogP contribution in [0.15, 0.2) is 45.6 Å². The van der Waals surface area contributed by atoms with Gasteiger partial charge in [-0.05, 0) is 56.7 Å². The molecule has 3 aliphatic rings. The van der Waals surface area contributed by atoms with Gasteiger partial charge in [-0.25, -0.2) is 9.79 Å². The largest absolute Gasteiger partial charge is 0.497 e. The summed E-state index contributed by atoms with van der Waals surface area (Å²) in [6.45, 7) is 5.44. The van der Waals surface area contributed by atoms with E-state index in [9.17, 15) is 9.59 Å². The number of amidine groups is 1. The number of benzene rings is 1. The van der Waals surface area contributed by atoms with Gasteiger partial charge in [-0.1, -0.05) is 11.8 Å². The van der Waals surface area contributed by atoms with Crippen molar-refractivity contribution in [2.45, 2.75) is 58.2 Å². The van der Waals surface area contributed by atoms with E-state index in [4.69, 9.17) is 14.2 Å². The Balaban J connectivity index is 1.77. The molecule has 0 spiro atoms. The molecule has 0 saturated heterocycles. The molecule has 9 heteroatoms. The summed E-state index contributed by atoms with van der Waals surface area (Å²) in [5.74, 6) is 0.735. The molecule has 1 N–H and O–H groups in total. The summed E-state index contributed by atoms with van der Waals surface area (Å²) in [5.41, 5.74) is 2.58. The molecule has 33 heavy (non-hydrogen) atoms. The molecule has 1 amide bonds. The summed E-state index contributed by atoms with van der Waals surface area (Å²) in [6.07, 6.45) is 1.96. The van der Waals surface area contributed by atoms with E-state index in [0.717, 1.165) is 29.3 Å². The van der Waals surface area contributed by atoms with Crippen molar-refractivity contribution < 1.29 is 23.8 Å². The zero-order valence-corrected chi connectivity index (χ0v) is 20.3. The Morgan fingerprint density at radius 2 is 1.85 bits per heavy atom. The summed E-state index contributed by atoms with van der Waals surface area (Å²) in [4.78, 5) is 32.5. The summed E-state index contributed by atoms with van der Waals surface area (Å²) in [6, 6.07) is 5.26.